The molecule has 8 nitrogen and oxygen atoms in total. The number of hydrogen-bond donors (Lipinski definition) is 3. The minimum atomic E-state index is -0.358. The van der Waals surface area contributed by atoms with Crippen molar-refractivity contribution in [2.24, 2.45) is 0 Å². The molecule has 0 saturated heterocycles. The Bertz CT molecular complexity index is 1040. The zero-order chi connectivity index (χ0) is 26.1. The molecule has 0 aromatic heterocycles. The number of carbonyl (C=O) groups is 1. The van der Waals surface area contributed by atoms with E-state index >= 15 is 0 Å². The number of benzene rings is 2. The first-order valence-electron chi connectivity index (χ1n) is 10.8. The maximum absolute atomic E-state index is 12.2. The van der Waals surface area contributed by atoms with Crippen LogP contribution in [0.25, 0.3) is 12.2 Å². The van der Waals surface area contributed by atoms with Gasteiger partial charge in [-0.2, -0.15) is 0 Å². The molecule has 38 heavy (non-hydrogen) atoms. The summed E-state index contributed by atoms with van der Waals surface area (Å²) in [7, 11) is 7.87. The van der Waals surface area contributed by atoms with E-state index in [0.29, 0.717) is 49.3 Å². The molecular weight excluding hydrogens is 608 g/mol. The third kappa shape index (κ3) is 14.6. The summed E-state index contributed by atoms with van der Waals surface area (Å²) in [4.78, 5) is 12.2. The van der Waals surface area contributed by atoms with Gasteiger partial charge < -0.3 is 67.8 Å². The van der Waals surface area contributed by atoms with Crippen LogP contribution in [0.1, 0.15) is 11.1 Å². The fourth-order valence-corrected chi connectivity index (χ4v) is 2.78. The van der Waals surface area contributed by atoms with Crippen LogP contribution in [-0.4, -0.2) is 51.4 Å². The first-order valence-corrected chi connectivity index (χ1v) is 14.7. The number of methoxy groups -OCH3 is 2. The van der Waals surface area contributed by atoms with Crippen molar-refractivity contribution in [3.63, 3.8) is 0 Å². The van der Waals surface area contributed by atoms with Crippen molar-refractivity contribution in [2.45, 2.75) is 0 Å². The van der Waals surface area contributed by atoms with Gasteiger partial charge in [0.1, 0.15) is 32.1 Å². The Labute approximate surface area is 251 Å². The summed E-state index contributed by atoms with van der Waals surface area (Å²) in [5, 5.41) is 10.1. The fraction of sp³-hybridized carbons (Fsp3) is 0.231. The molecule has 0 atom stereocenters. The standard InChI is InChI=1S/C25H30N2O6.CH3.3ClH.Zn/c1-30-24-15-18(5-9-22(24)32-13-11-26)3-7-20(28)17-21(29)8-4-19-6-10-23(33-14-12-27)25(16-19)31-2;;;;;/h3-10,15-17,28H,11-14,26-27H2,1-2H3;1H3;3*1H;/q;-1;;;;+2/p-1/b7-3+,8-4+,20-17?;;;;;. The van der Waals surface area contributed by atoms with Crippen LogP contribution in [0.5, 0.6) is 23.0 Å². The summed E-state index contributed by atoms with van der Waals surface area (Å²) in [6.07, 6.45) is 7.26. The molecule has 0 bridgehead atoms. The second-order valence-corrected chi connectivity index (χ2v) is 6.86. The van der Waals surface area contributed by atoms with Crippen molar-refractivity contribution in [3.05, 3.63) is 78.9 Å². The quantitative estimate of drug-likeness (QED) is 0.0695. The van der Waals surface area contributed by atoms with Crippen molar-refractivity contribution in [1.29, 1.82) is 0 Å². The van der Waals surface area contributed by atoms with E-state index in [1.165, 1.54) is 12.2 Å². The Balaban J connectivity index is -0.00000239. The topological polar surface area (TPSA) is 130 Å². The third-order valence-corrected chi connectivity index (χ3v) is 4.36. The summed E-state index contributed by atoms with van der Waals surface area (Å²) in [6, 6.07) is 10.7. The van der Waals surface area contributed by atoms with Crippen molar-refractivity contribution < 1.29 is 82.4 Å². The van der Waals surface area contributed by atoms with Crippen molar-refractivity contribution in [1.82, 2.24) is 0 Å². The summed E-state index contributed by atoms with van der Waals surface area (Å²) >= 11 is 0.847. The monoisotopic (exact) mass is 640 g/mol. The van der Waals surface area contributed by atoms with Gasteiger partial charge >= 0.3 is 27.0 Å². The molecular formula is C26H35Cl3N2O6Zn. The van der Waals surface area contributed by atoms with Crippen molar-refractivity contribution in [2.75, 3.05) is 40.5 Å². The number of carbonyl (C=O) groups excluding carboxylic acids is 1. The van der Waals surface area contributed by atoms with Crippen LogP contribution in [0, 0.1) is 7.43 Å². The van der Waals surface area contributed by atoms with Gasteiger partial charge in [-0.05, 0) is 47.5 Å². The van der Waals surface area contributed by atoms with E-state index in [2.05, 4.69) is 11.5 Å². The first-order chi connectivity index (χ1) is 17.0. The average molecular weight is 643 g/mol. The van der Waals surface area contributed by atoms with Gasteiger partial charge in [-0.15, -0.1) is 0 Å². The van der Waals surface area contributed by atoms with Crippen LogP contribution in [-0.2, 0) is 22.1 Å². The number of quaternary nitrogens is 2. The molecule has 12 heteroatoms. The van der Waals surface area contributed by atoms with Gasteiger partial charge in [0.05, 0.1) is 14.2 Å². The number of aliphatic hydroxyl groups excluding tert-OH is 1. The van der Waals surface area contributed by atoms with Gasteiger partial charge in [0, 0.05) is 6.08 Å². The van der Waals surface area contributed by atoms with Gasteiger partial charge in [0.2, 0.25) is 0 Å². The fourth-order valence-electron chi connectivity index (χ4n) is 2.78. The van der Waals surface area contributed by atoms with Crippen LogP contribution in [0.4, 0.5) is 0 Å². The summed E-state index contributed by atoms with van der Waals surface area (Å²) in [6.45, 7) is 2.28. The first kappa shape index (κ1) is 40.2. The zero-order valence-corrected chi connectivity index (χ0v) is 27.2. The number of halogens is 3. The molecule has 0 fully saturated rings. The van der Waals surface area contributed by atoms with E-state index in [4.69, 9.17) is 28.6 Å². The Morgan fingerprint density at radius 3 is 1.66 bits per heavy atom. The van der Waals surface area contributed by atoms with E-state index in [1.54, 1.807) is 50.6 Å². The van der Waals surface area contributed by atoms with Gasteiger partial charge in [-0.25, -0.2) is 0 Å². The molecule has 0 aliphatic heterocycles. The zero-order valence-electron chi connectivity index (χ0n) is 21.9. The third-order valence-electron chi connectivity index (χ3n) is 4.36. The van der Waals surface area contributed by atoms with Crippen LogP contribution in [0.2, 0.25) is 0 Å². The summed E-state index contributed by atoms with van der Waals surface area (Å²) in [5.41, 5.74) is 9.03. The summed E-state index contributed by atoms with van der Waals surface area (Å²) in [5.74, 6) is 1.85. The number of ether oxygens (including phenoxy) is 4. The van der Waals surface area contributed by atoms with Crippen LogP contribution < -0.4 is 55.2 Å². The van der Waals surface area contributed by atoms with Crippen LogP contribution >= 0.6 is 9.69 Å². The molecule has 0 aliphatic carbocycles. The second kappa shape index (κ2) is 23.8. The van der Waals surface area contributed by atoms with Gasteiger partial charge in [-0.3, -0.25) is 4.79 Å². The van der Waals surface area contributed by atoms with Crippen LogP contribution in [0.3, 0.4) is 0 Å². The molecule has 0 radical (unpaired) electrons. The molecule has 0 spiro atoms. The van der Waals surface area contributed by atoms with Gasteiger partial charge in [0.15, 0.2) is 28.8 Å². The van der Waals surface area contributed by atoms with Crippen LogP contribution in [0.15, 0.2) is 60.4 Å². The summed E-state index contributed by atoms with van der Waals surface area (Å²) < 4.78 is 21.8. The molecule has 2 rings (SSSR count). The molecule has 2 aromatic carbocycles. The SMILES string of the molecule is COc1cc(/C=C/C(=O)C=C(O)/C=C/c2ccc(OCC[NH3+])c(OC)c2)ccc1OCC[NH3+].[CH3-].[Cl-].[Cl-].[Cl][Zn+]. The van der Waals surface area contributed by atoms with Crippen molar-refractivity contribution >= 4 is 27.6 Å². The van der Waals surface area contributed by atoms with E-state index < -0.39 is 0 Å². The average Bonchev–Trinajstić information content (AvgIpc) is 2.89. The Kier molecular flexibility index (Phi) is 25.2. The van der Waals surface area contributed by atoms with Gasteiger partial charge in [0.25, 0.3) is 0 Å². The number of rotatable bonds is 13. The number of hydrogen-bond acceptors (Lipinski definition) is 6. The molecule has 208 valence electrons. The van der Waals surface area contributed by atoms with Gasteiger partial charge in [-0.1, -0.05) is 24.3 Å². The molecule has 0 heterocycles. The van der Waals surface area contributed by atoms with E-state index in [9.17, 15) is 9.90 Å². The Morgan fingerprint density at radius 2 is 1.26 bits per heavy atom. The predicted octanol–water partition coefficient (Wildman–Crippen LogP) is -3.17. The number of aliphatic hydroxyl groups is 1. The molecule has 0 saturated carbocycles. The van der Waals surface area contributed by atoms with E-state index in [-0.39, 0.29) is 43.8 Å². The predicted molar refractivity (Wildman–Crippen MR) is 139 cm³/mol. The van der Waals surface area contributed by atoms with E-state index in [0.717, 1.165) is 34.5 Å². The molecule has 7 N–H and O–H groups in total. The number of ketones is 1. The molecule has 2 aromatic rings. The minimum absolute atomic E-state index is 0. The second-order valence-electron chi connectivity index (χ2n) is 6.86. The number of allylic oxidation sites excluding steroid dienone is 3. The molecule has 0 amide bonds. The van der Waals surface area contributed by atoms with E-state index in [1.807, 2.05) is 12.1 Å². The molecule has 0 aliphatic rings. The Morgan fingerprint density at radius 1 is 0.842 bits per heavy atom. The normalized spacial score (nSPS) is 10.3. The van der Waals surface area contributed by atoms with Crippen molar-refractivity contribution in [3.8, 4) is 23.0 Å². The molecule has 0 unspecified atom stereocenters. The Hall–Kier alpha value is -2.26. The maximum atomic E-state index is 12.2.